The predicted octanol–water partition coefficient (Wildman–Crippen LogP) is 5.54. The highest BCUT2D eigenvalue weighted by atomic mass is 16.5. The number of nitrogens with zero attached hydrogens (tertiary/aromatic N) is 1. The average molecular weight is 453 g/mol. The van der Waals surface area contributed by atoms with E-state index >= 15 is 0 Å². The molecule has 0 saturated carbocycles. The quantitative estimate of drug-likeness (QED) is 0.213. The van der Waals surface area contributed by atoms with Gasteiger partial charge in [0.25, 0.3) is 0 Å². The van der Waals surface area contributed by atoms with Gasteiger partial charge in [-0.3, -0.25) is 9.79 Å². The zero-order valence-electron chi connectivity index (χ0n) is 18.4. The summed E-state index contributed by atoms with van der Waals surface area (Å²) in [5.41, 5.74) is 1.80. The Kier molecular flexibility index (Phi) is 5.22. The Labute approximate surface area is 193 Å². The highest BCUT2D eigenvalue weighted by molar-refractivity contribution is 6.10. The van der Waals surface area contributed by atoms with E-state index in [2.05, 4.69) is 4.99 Å². The highest BCUT2D eigenvalue weighted by Crippen LogP contribution is 2.31. The van der Waals surface area contributed by atoms with Gasteiger partial charge in [0.1, 0.15) is 28.2 Å². The molecule has 0 saturated heterocycles. The van der Waals surface area contributed by atoms with Gasteiger partial charge in [-0.25, -0.2) is 4.79 Å². The van der Waals surface area contributed by atoms with Crippen molar-refractivity contribution in [3.8, 4) is 11.5 Å². The van der Waals surface area contributed by atoms with Crippen molar-refractivity contribution < 1.29 is 23.5 Å². The minimum Gasteiger partial charge on any atom is -0.506 e. The van der Waals surface area contributed by atoms with Crippen LogP contribution in [-0.2, 0) is 0 Å². The molecule has 168 valence electrons. The molecule has 0 fully saturated rings. The third-order valence-electron chi connectivity index (χ3n) is 5.64. The second-order valence-electron chi connectivity index (χ2n) is 7.70. The molecule has 0 unspecified atom stereocenters. The third kappa shape index (κ3) is 3.63. The Bertz CT molecular complexity index is 1640. The van der Waals surface area contributed by atoms with E-state index in [1.165, 1.54) is 6.21 Å². The lowest BCUT2D eigenvalue weighted by atomic mass is 10.0. The number of carbonyl (C=O) groups excluding carboxylic acids is 1. The zero-order valence-corrected chi connectivity index (χ0v) is 18.4. The maximum Gasteiger partial charge on any atom is 0.348 e. The first-order valence-electron chi connectivity index (χ1n) is 10.5. The summed E-state index contributed by atoms with van der Waals surface area (Å²) < 4.78 is 16.2. The monoisotopic (exact) mass is 453 g/mol. The zero-order chi connectivity index (χ0) is 23.8. The lowest BCUT2D eigenvalue weighted by Gasteiger charge is -2.02. The van der Waals surface area contributed by atoms with Crippen LogP contribution in [0.2, 0.25) is 0 Å². The minimum absolute atomic E-state index is 0.0434. The summed E-state index contributed by atoms with van der Waals surface area (Å²) in [6.07, 6.45) is 1.27. The molecule has 1 N–H and O–H groups in total. The van der Waals surface area contributed by atoms with Crippen LogP contribution in [0.1, 0.15) is 27.2 Å². The fourth-order valence-corrected chi connectivity index (χ4v) is 3.78. The number of benzene rings is 3. The van der Waals surface area contributed by atoms with Crippen LogP contribution >= 0.6 is 0 Å². The van der Waals surface area contributed by atoms with Crippen molar-refractivity contribution in [2.24, 2.45) is 4.99 Å². The molecule has 0 spiro atoms. The molecule has 5 rings (SSSR count). The van der Waals surface area contributed by atoms with Crippen molar-refractivity contribution in [3.63, 3.8) is 0 Å². The molecule has 5 aromatic rings. The van der Waals surface area contributed by atoms with Gasteiger partial charge < -0.3 is 18.7 Å². The molecule has 0 aliphatic heterocycles. The van der Waals surface area contributed by atoms with Gasteiger partial charge in [0.05, 0.1) is 18.2 Å². The maximum absolute atomic E-state index is 13.0. The molecule has 0 aliphatic rings. The molecular weight excluding hydrogens is 434 g/mol. The first kappa shape index (κ1) is 21.2. The van der Waals surface area contributed by atoms with Gasteiger partial charge in [-0.15, -0.1) is 0 Å². The smallest absolute Gasteiger partial charge is 0.348 e. The first-order valence-corrected chi connectivity index (χ1v) is 10.5. The summed E-state index contributed by atoms with van der Waals surface area (Å²) in [5.74, 6) is 0.477. The first-order chi connectivity index (χ1) is 16.5. The maximum atomic E-state index is 13.0. The molecule has 7 heteroatoms. The highest BCUT2D eigenvalue weighted by Gasteiger charge is 2.20. The molecule has 2 aromatic heterocycles. The predicted molar refractivity (Wildman–Crippen MR) is 129 cm³/mol. The minimum atomic E-state index is -0.687. The van der Waals surface area contributed by atoms with Gasteiger partial charge in [0.2, 0.25) is 5.78 Å². The van der Waals surface area contributed by atoms with Crippen LogP contribution in [0.25, 0.3) is 21.9 Å². The second kappa shape index (κ2) is 8.37. The number of rotatable bonds is 5. The summed E-state index contributed by atoms with van der Waals surface area (Å²) in [4.78, 5) is 29.6. The average Bonchev–Trinajstić information content (AvgIpc) is 3.19. The molecule has 34 heavy (non-hydrogen) atoms. The van der Waals surface area contributed by atoms with Crippen molar-refractivity contribution in [1.29, 1.82) is 0 Å². The summed E-state index contributed by atoms with van der Waals surface area (Å²) >= 11 is 0. The molecular formula is C27H19NO6. The normalized spacial score (nSPS) is 11.5. The largest absolute Gasteiger partial charge is 0.506 e. The number of carbonyl (C=O) groups is 1. The molecule has 3 aromatic carbocycles. The lowest BCUT2D eigenvalue weighted by molar-refractivity contribution is 0.101. The molecule has 0 bridgehead atoms. The Balaban J connectivity index is 1.50. The molecule has 2 heterocycles. The number of hydrogen-bond acceptors (Lipinski definition) is 7. The molecule has 7 nitrogen and oxygen atoms in total. The van der Waals surface area contributed by atoms with E-state index in [1.807, 2.05) is 0 Å². The van der Waals surface area contributed by atoms with Gasteiger partial charge in [-0.2, -0.15) is 0 Å². The third-order valence-corrected chi connectivity index (χ3v) is 5.64. The topological polar surface area (TPSA) is 102 Å². The number of aromatic hydroxyl groups is 1. The number of aliphatic imine (C=N–C) groups is 1. The molecule has 0 amide bonds. The van der Waals surface area contributed by atoms with Crippen LogP contribution in [0.4, 0.5) is 5.69 Å². The van der Waals surface area contributed by atoms with Crippen LogP contribution < -0.4 is 10.4 Å². The van der Waals surface area contributed by atoms with E-state index in [1.54, 1.807) is 80.8 Å². The van der Waals surface area contributed by atoms with Crippen molar-refractivity contribution in [3.05, 3.63) is 99.6 Å². The van der Waals surface area contributed by atoms with Crippen LogP contribution in [0.3, 0.4) is 0 Å². The SMILES string of the molecule is COc1ccc(C(=O)c2oc3ccc(N=Cc4c(O)c5ccccc5oc4=O)cc3c2C)cc1. The van der Waals surface area contributed by atoms with Crippen molar-refractivity contribution in [1.82, 2.24) is 0 Å². The van der Waals surface area contributed by atoms with Crippen LogP contribution in [0, 0.1) is 6.92 Å². The van der Waals surface area contributed by atoms with Crippen molar-refractivity contribution >= 4 is 39.6 Å². The van der Waals surface area contributed by atoms with Crippen molar-refractivity contribution in [2.75, 3.05) is 7.11 Å². The molecule has 0 aliphatic carbocycles. The summed E-state index contributed by atoms with van der Waals surface area (Å²) in [6, 6.07) is 18.7. The van der Waals surface area contributed by atoms with Gasteiger partial charge in [-0.1, -0.05) is 12.1 Å². The Morgan fingerprint density at radius 1 is 0.971 bits per heavy atom. The van der Waals surface area contributed by atoms with E-state index in [-0.39, 0.29) is 22.9 Å². The van der Waals surface area contributed by atoms with Crippen LogP contribution in [0.5, 0.6) is 11.5 Å². The summed E-state index contributed by atoms with van der Waals surface area (Å²) in [5, 5.41) is 11.7. The van der Waals surface area contributed by atoms with E-state index in [9.17, 15) is 14.7 Å². The number of ketones is 1. The number of ether oxygens (including phenoxy) is 1. The van der Waals surface area contributed by atoms with Gasteiger partial charge >= 0.3 is 5.63 Å². The number of fused-ring (bicyclic) bond motifs is 2. The van der Waals surface area contributed by atoms with Crippen LogP contribution in [-0.4, -0.2) is 24.2 Å². The van der Waals surface area contributed by atoms with E-state index in [4.69, 9.17) is 13.6 Å². The number of hydrogen-bond donors (Lipinski definition) is 1. The Morgan fingerprint density at radius 2 is 1.71 bits per heavy atom. The van der Waals surface area contributed by atoms with Crippen molar-refractivity contribution in [2.45, 2.75) is 6.92 Å². The van der Waals surface area contributed by atoms with Crippen LogP contribution in [0.15, 0.2) is 85.4 Å². The number of methoxy groups -OCH3 is 1. The van der Waals surface area contributed by atoms with E-state index < -0.39 is 5.63 Å². The standard InChI is InChI=1S/C27H19NO6/c1-15-20-13-17(28-14-21-25(30)19-5-3-4-6-22(19)34-27(21)31)9-12-23(20)33-26(15)24(29)16-7-10-18(32-2)11-8-16/h3-14,30H,1-2H3. The van der Waals surface area contributed by atoms with E-state index in [0.29, 0.717) is 39.1 Å². The Hall–Kier alpha value is -4.65. The lowest BCUT2D eigenvalue weighted by Crippen LogP contribution is -2.06. The van der Waals surface area contributed by atoms with E-state index in [0.717, 1.165) is 5.39 Å². The summed E-state index contributed by atoms with van der Waals surface area (Å²) in [7, 11) is 1.56. The fourth-order valence-electron chi connectivity index (χ4n) is 3.78. The molecule has 0 radical (unpaired) electrons. The number of para-hydroxylation sites is 1. The van der Waals surface area contributed by atoms with Gasteiger partial charge in [-0.05, 0) is 61.5 Å². The number of furan rings is 1. The van der Waals surface area contributed by atoms with Gasteiger partial charge in [0, 0.05) is 22.7 Å². The Morgan fingerprint density at radius 3 is 2.47 bits per heavy atom. The van der Waals surface area contributed by atoms with Gasteiger partial charge in [0.15, 0.2) is 5.76 Å². The fraction of sp³-hybridized carbons (Fsp3) is 0.0741. The number of aryl methyl sites for hydroxylation is 1. The molecule has 0 atom stereocenters. The second-order valence-corrected chi connectivity index (χ2v) is 7.70. The summed E-state index contributed by atoms with van der Waals surface area (Å²) in [6.45, 7) is 1.81.